The highest BCUT2D eigenvalue weighted by atomic mass is 32.2. The van der Waals surface area contributed by atoms with Crippen molar-refractivity contribution in [3.05, 3.63) is 17.5 Å². The Morgan fingerprint density at radius 3 is 2.55 bits per heavy atom. The molecule has 31 heavy (non-hydrogen) atoms. The first-order valence-corrected chi connectivity index (χ1v) is 13.9. The molecule has 0 aliphatic carbocycles. The van der Waals surface area contributed by atoms with Crippen LogP contribution in [0, 0.1) is 11.8 Å². The number of hydrogen-bond acceptors (Lipinski definition) is 5. The van der Waals surface area contributed by atoms with E-state index in [2.05, 4.69) is 12.2 Å². The molecule has 9 heteroatoms. The van der Waals surface area contributed by atoms with E-state index in [1.54, 1.807) is 17.5 Å². The molecule has 3 rings (SSSR count). The second-order valence-corrected chi connectivity index (χ2v) is 11.7. The molecule has 1 aromatic heterocycles. The summed E-state index contributed by atoms with van der Waals surface area (Å²) in [5, 5.41) is 4.80. The Labute approximate surface area is 190 Å². The fraction of sp³-hybridized carbons (Fsp3) is 0.727. The molecule has 2 saturated heterocycles. The number of carbonyl (C=O) groups is 2. The topological polar surface area (TPSA) is 86.8 Å². The Balaban J connectivity index is 1.46. The SMILES string of the molecule is CCCCCCNC(=O)C1CCCN(C(=O)C2CCN(S(=O)(=O)c3cccs3)CC2)C1. The highest BCUT2D eigenvalue weighted by Gasteiger charge is 2.36. The fourth-order valence-corrected chi connectivity index (χ4v) is 7.05. The number of sulfonamides is 1. The zero-order valence-corrected chi connectivity index (χ0v) is 20.1. The summed E-state index contributed by atoms with van der Waals surface area (Å²) in [6.45, 7) is 4.78. The van der Waals surface area contributed by atoms with Crippen LogP contribution in [0.1, 0.15) is 58.3 Å². The molecule has 0 radical (unpaired) electrons. The number of piperidine rings is 2. The predicted octanol–water partition coefficient (Wildman–Crippen LogP) is 3.08. The van der Waals surface area contributed by atoms with Gasteiger partial charge in [0, 0.05) is 38.6 Å². The zero-order chi connectivity index (χ0) is 22.3. The number of unbranched alkanes of at least 4 members (excludes halogenated alkanes) is 3. The van der Waals surface area contributed by atoms with E-state index in [0.29, 0.717) is 49.8 Å². The van der Waals surface area contributed by atoms with Crippen LogP contribution in [0.4, 0.5) is 0 Å². The minimum atomic E-state index is -3.45. The van der Waals surface area contributed by atoms with E-state index in [4.69, 9.17) is 0 Å². The molecule has 1 atom stereocenters. The van der Waals surface area contributed by atoms with Gasteiger partial charge in [0.2, 0.25) is 11.8 Å². The largest absolute Gasteiger partial charge is 0.356 e. The van der Waals surface area contributed by atoms with Crippen molar-refractivity contribution in [1.29, 1.82) is 0 Å². The second kappa shape index (κ2) is 11.4. The van der Waals surface area contributed by atoms with Crippen LogP contribution in [0.3, 0.4) is 0 Å². The number of carbonyl (C=O) groups excluding carboxylic acids is 2. The molecule has 7 nitrogen and oxygen atoms in total. The summed E-state index contributed by atoms with van der Waals surface area (Å²) in [6, 6.07) is 3.36. The van der Waals surface area contributed by atoms with Crippen molar-refractivity contribution in [3.8, 4) is 0 Å². The van der Waals surface area contributed by atoms with Crippen molar-refractivity contribution < 1.29 is 18.0 Å². The van der Waals surface area contributed by atoms with E-state index in [1.165, 1.54) is 28.5 Å². The van der Waals surface area contributed by atoms with Gasteiger partial charge < -0.3 is 10.2 Å². The number of likely N-dealkylation sites (tertiary alicyclic amines) is 1. The zero-order valence-electron chi connectivity index (χ0n) is 18.4. The molecule has 0 aromatic carbocycles. The first kappa shape index (κ1) is 24.2. The summed E-state index contributed by atoms with van der Waals surface area (Å²) >= 11 is 1.22. The van der Waals surface area contributed by atoms with Crippen molar-refractivity contribution in [2.75, 3.05) is 32.7 Å². The van der Waals surface area contributed by atoms with Crippen LogP contribution in [-0.2, 0) is 19.6 Å². The van der Waals surface area contributed by atoms with E-state index in [-0.39, 0.29) is 23.7 Å². The number of amides is 2. The van der Waals surface area contributed by atoms with Crippen molar-refractivity contribution >= 4 is 33.2 Å². The van der Waals surface area contributed by atoms with Crippen molar-refractivity contribution in [1.82, 2.24) is 14.5 Å². The van der Waals surface area contributed by atoms with E-state index < -0.39 is 10.0 Å². The minimum absolute atomic E-state index is 0.0610. The van der Waals surface area contributed by atoms with Crippen LogP contribution in [0.15, 0.2) is 21.7 Å². The highest BCUT2D eigenvalue weighted by molar-refractivity contribution is 7.91. The number of thiophene rings is 1. The van der Waals surface area contributed by atoms with Crippen LogP contribution in [-0.4, -0.2) is 62.2 Å². The Bertz CT molecular complexity index is 818. The lowest BCUT2D eigenvalue weighted by Crippen LogP contribution is -2.49. The normalized spacial score (nSPS) is 21.2. The van der Waals surface area contributed by atoms with Crippen LogP contribution in [0.2, 0.25) is 0 Å². The Morgan fingerprint density at radius 2 is 1.87 bits per heavy atom. The molecule has 174 valence electrons. The van der Waals surface area contributed by atoms with Gasteiger partial charge in [0.1, 0.15) is 4.21 Å². The molecular formula is C22H35N3O4S2. The first-order valence-electron chi connectivity index (χ1n) is 11.5. The summed E-state index contributed by atoms with van der Waals surface area (Å²) in [7, 11) is -3.45. The van der Waals surface area contributed by atoms with Crippen LogP contribution >= 0.6 is 11.3 Å². The number of nitrogens with one attached hydrogen (secondary N) is 1. The summed E-state index contributed by atoms with van der Waals surface area (Å²) < 4.78 is 27.2. The predicted molar refractivity (Wildman–Crippen MR) is 122 cm³/mol. The Kier molecular flexibility index (Phi) is 8.92. The van der Waals surface area contributed by atoms with Gasteiger partial charge in [-0.2, -0.15) is 4.31 Å². The lowest BCUT2D eigenvalue weighted by Gasteiger charge is -2.37. The smallest absolute Gasteiger partial charge is 0.252 e. The standard InChI is InChI=1S/C22H35N3O4S2/c1-2-3-4-5-12-23-21(26)19-8-6-13-24(17-19)22(27)18-10-14-25(15-11-18)31(28,29)20-9-7-16-30-20/h7,9,16,18-19H,2-6,8,10-15,17H2,1H3,(H,23,26). The first-order chi connectivity index (χ1) is 14.9. The quantitative estimate of drug-likeness (QED) is 0.563. The van der Waals surface area contributed by atoms with Gasteiger partial charge in [-0.1, -0.05) is 32.3 Å². The van der Waals surface area contributed by atoms with Crippen LogP contribution in [0.5, 0.6) is 0 Å². The average Bonchev–Trinajstić information content (AvgIpc) is 3.34. The Morgan fingerprint density at radius 1 is 1.10 bits per heavy atom. The third kappa shape index (κ3) is 6.29. The highest BCUT2D eigenvalue weighted by Crippen LogP contribution is 2.28. The summed E-state index contributed by atoms with van der Waals surface area (Å²) in [5.41, 5.74) is 0. The molecule has 1 aromatic rings. The lowest BCUT2D eigenvalue weighted by atomic mass is 9.92. The van der Waals surface area contributed by atoms with Gasteiger partial charge in [-0.3, -0.25) is 9.59 Å². The Hall–Kier alpha value is -1.45. The number of nitrogens with zero attached hydrogens (tertiary/aromatic N) is 2. The molecule has 0 saturated carbocycles. The summed E-state index contributed by atoms with van der Waals surface area (Å²) in [5.74, 6) is -0.159. The van der Waals surface area contributed by atoms with E-state index in [1.807, 2.05) is 4.90 Å². The maximum atomic E-state index is 13.1. The summed E-state index contributed by atoms with van der Waals surface area (Å²) in [4.78, 5) is 27.4. The third-order valence-electron chi connectivity index (χ3n) is 6.33. The fourth-order valence-electron chi connectivity index (χ4n) is 4.44. The van der Waals surface area contributed by atoms with Crippen LogP contribution in [0.25, 0.3) is 0 Å². The van der Waals surface area contributed by atoms with E-state index >= 15 is 0 Å². The monoisotopic (exact) mass is 469 g/mol. The number of hydrogen-bond donors (Lipinski definition) is 1. The molecule has 0 spiro atoms. The van der Waals surface area contributed by atoms with Gasteiger partial charge in [0.25, 0.3) is 10.0 Å². The molecule has 2 amide bonds. The van der Waals surface area contributed by atoms with Gasteiger partial charge in [-0.25, -0.2) is 8.42 Å². The van der Waals surface area contributed by atoms with E-state index in [0.717, 1.165) is 25.7 Å². The maximum Gasteiger partial charge on any atom is 0.252 e. The van der Waals surface area contributed by atoms with Gasteiger partial charge in [0.05, 0.1) is 5.92 Å². The minimum Gasteiger partial charge on any atom is -0.356 e. The molecule has 1 unspecified atom stereocenters. The maximum absolute atomic E-state index is 13.1. The third-order valence-corrected chi connectivity index (χ3v) is 9.60. The van der Waals surface area contributed by atoms with Crippen molar-refractivity contribution in [2.45, 2.75) is 62.5 Å². The molecule has 2 aliphatic heterocycles. The van der Waals surface area contributed by atoms with Gasteiger partial charge in [-0.15, -0.1) is 11.3 Å². The lowest BCUT2D eigenvalue weighted by molar-refractivity contribution is -0.140. The molecular weight excluding hydrogens is 434 g/mol. The van der Waals surface area contributed by atoms with Gasteiger partial charge >= 0.3 is 0 Å². The molecule has 2 fully saturated rings. The average molecular weight is 470 g/mol. The molecule has 2 aliphatic rings. The van der Waals surface area contributed by atoms with Gasteiger partial charge in [-0.05, 0) is 43.6 Å². The summed E-state index contributed by atoms with van der Waals surface area (Å²) in [6.07, 6.45) is 7.23. The van der Waals surface area contributed by atoms with Gasteiger partial charge in [0.15, 0.2) is 0 Å². The molecule has 1 N–H and O–H groups in total. The van der Waals surface area contributed by atoms with Crippen molar-refractivity contribution in [3.63, 3.8) is 0 Å². The number of rotatable bonds is 9. The van der Waals surface area contributed by atoms with Crippen LogP contribution < -0.4 is 5.32 Å². The van der Waals surface area contributed by atoms with Crippen molar-refractivity contribution in [2.24, 2.45) is 11.8 Å². The van der Waals surface area contributed by atoms with E-state index in [9.17, 15) is 18.0 Å². The molecule has 3 heterocycles. The second-order valence-electron chi connectivity index (χ2n) is 8.59. The molecule has 0 bridgehead atoms.